The van der Waals surface area contributed by atoms with Gasteiger partial charge in [0.25, 0.3) is 0 Å². The molecule has 1 unspecified atom stereocenters. The Morgan fingerprint density at radius 1 is 1.41 bits per heavy atom. The molecule has 0 aliphatic heterocycles. The van der Waals surface area contributed by atoms with Gasteiger partial charge in [0.15, 0.2) is 0 Å². The van der Waals surface area contributed by atoms with Crippen molar-refractivity contribution in [1.29, 1.82) is 0 Å². The summed E-state index contributed by atoms with van der Waals surface area (Å²) in [6.07, 6.45) is 3.96. The lowest BCUT2D eigenvalue weighted by Crippen LogP contribution is -2.22. The quantitative estimate of drug-likeness (QED) is 0.792. The van der Waals surface area contributed by atoms with Gasteiger partial charge in [-0.25, -0.2) is 0 Å². The molecule has 0 saturated carbocycles. The predicted octanol–water partition coefficient (Wildman–Crippen LogP) is 3.55. The number of benzene rings is 1. The molecule has 1 aromatic carbocycles. The molecule has 2 N–H and O–H groups in total. The van der Waals surface area contributed by atoms with Gasteiger partial charge in [-0.2, -0.15) is 0 Å². The molecule has 1 rings (SSSR count). The molecule has 3 heteroatoms. The molecule has 1 aromatic rings. The van der Waals surface area contributed by atoms with Gasteiger partial charge in [-0.05, 0) is 25.0 Å². The number of aromatic hydroxyl groups is 1. The van der Waals surface area contributed by atoms with E-state index in [2.05, 4.69) is 12.2 Å². The highest BCUT2D eigenvalue weighted by Gasteiger charge is 2.15. The van der Waals surface area contributed by atoms with Gasteiger partial charge in [-0.1, -0.05) is 32.8 Å². The maximum atomic E-state index is 12.0. The van der Waals surface area contributed by atoms with Crippen LogP contribution in [0.2, 0.25) is 0 Å². The summed E-state index contributed by atoms with van der Waals surface area (Å²) in [4.78, 5) is 12.0. The molecule has 17 heavy (non-hydrogen) atoms. The van der Waals surface area contributed by atoms with Gasteiger partial charge < -0.3 is 10.4 Å². The third-order valence-electron chi connectivity index (χ3n) is 2.88. The first-order valence-corrected chi connectivity index (χ1v) is 6.27. The second-order valence-electron chi connectivity index (χ2n) is 4.29. The first kappa shape index (κ1) is 13.6. The SMILES string of the molecule is CCCCC(CC)C(=O)Nc1cccc(O)c1. The number of unbranched alkanes of at least 4 members (excludes halogenated alkanes) is 1. The summed E-state index contributed by atoms with van der Waals surface area (Å²) in [6, 6.07) is 6.65. The lowest BCUT2D eigenvalue weighted by atomic mass is 9.98. The number of rotatable bonds is 6. The van der Waals surface area contributed by atoms with Crippen molar-refractivity contribution in [3.8, 4) is 5.75 Å². The standard InChI is InChI=1S/C14H21NO2/c1-3-5-7-11(4-2)14(17)15-12-8-6-9-13(16)10-12/h6,8-11,16H,3-5,7H2,1-2H3,(H,15,17). The molecule has 0 radical (unpaired) electrons. The van der Waals surface area contributed by atoms with Crippen LogP contribution in [0.5, 0.6) is 5.75 Å². The van der Waals surface area contributed by atoms with E-state index in [1.807, 2.05) is 6.92 Å². The zero-order valence-corrected chi connectivity index (χ0v) is 10.6. The number of hydrogen-bond acceptors (Lipinski definition) is 2. The molecule has 1 atom stereocenters. The molecule has 1 amide bonds. The van der Waals surface area contributed by atoms with E-state index in [9.17, 15) is 9.90 Å². The van der Waals surface area contributed by atoms with Crippen LogP contribution in [0.1, 0.15) is 39.5 Å². The molecule has 0 spiro atoms. The number of carbonyl (C=O) groups excluding carboxylic acids is 1. The summed E-state index contributed by atoms with van der Waals surface area (Å²) in [7, 11) is 0. The molecule has 0 bridgehead atoms. The summed E-state index contributed by atoms with van der Waals surface area (Å²) in [5, 5.41) is 12.2. The number of phenols is 1. The molecule has 94 valence electrons. The minimum Gasteiger partial charge on any atom is -0.508 e. The number of hydrogen-bond donors (Lipinski definition) is 2. The number of carbonyl (C=O) groups is 1. The van der Waals surface area contributed by atoms with Crippen molar-refractivity contribution in [1.82, 2.24) is 0 Å². The van der Waals surface area contributed by atoms with Gasteiger partial charge in [-0.3, -0.25) is 4.79 Å². The van der Waals surface area contributed by atoms with E-state index >= 15 is 0 Å². The Hall–Kier alpha value is -1.51. The highest BCUT2D eigenvalue weighted by molar-refractivity contribution is 5.92. The van der Waals surface area contributed by atoms with Crippen LogP contribution in [0.15, 0.2) is 24.3 Å². The lowest BCUT2D eigenvalue weighted by Gasteiger charge is -2.14. The molecule has 0 heterocycles. The first-order valence-electron chi connectivity index (χ1n) is 6.27. The highest BCUT2D eigenvalue weighted by atomic mass is 16.3. The Kier molecular flexibility index (Phi) is 5.53. The zero-order chi connectivity index (χ0) is 12.7. The molecule has 0 aliphatic carbocycles. The van der Waals surface area contributed by atoms with E-state index < -0.39 is 0 Å². The van der Waals surface area contributed by atoms with Gasteiger partial charge in [0.05, 0.1) is 0 Å². The lowest BCUT2D eigenvalue weighted by molar-refractivity contribution is -0.120. The van der Waals surface area contributed by atoms with E-state index in [0.29, 0.717) is 5.69 Å². The van der Waals surface area contributed by atoms with Crippen molar-refractivity contribution in [3.05, 3.63) is 24.3 Å². The summed E-state index contributed by atoms with van der Waals surface area (Å²) >= 11 is 0. The van der Waals surface area contributed by atoms with Crippen molar-refractivity contribution < 1.29 is 9.90 Å². The van der Waals surface area contributed by atoms with Gasteiger partial charge in [0, 0.05) is 17.7 Å². The summed E-state index contributed by atoms with van der Waals surface area (Å²) in [5.74, 6) is 0.285. The van der Waals surface area contributed by atoms with Crippen molar-refractivity contribution >= 4 is 11.6 Å². The number of phenolic OH excluding ortho intramolecular Hbond substituents is 1. The van der Waals surface area contributed by atoms with E-state index in [1.54, 1.807) is 24.3 Å². The smallest absolute Gasteiger partial charge is 0.227 e. The van der Waals surface area contributed by atoms with Crippen molar-refractivity contribution in [2.24, 2.45) is 5.92 Å². The Balaban J connectivity index is 2.57. The number of nitrogens with one attached hydrogen (secondary N) is 1. The van der Waals surface area contributed by atoms with Crippen molar-refractivity contribution in [2.45, 2.75) is 39.5 Å². The molecule has 0 aromatic heterocycles. The van der Waals surface area contributed by atoms with E-state index in [-0.39, 0.29) is 17.6 Å². The Morgan fingerprint density at radius 2 is 2.18 bits per heavy atom. The maximum absolute atomic E-state index is 12.0. The molecular formula is C14H21NO2. The molecular weight excluding hydrogens is 214 g/mol. The van der Waals surface area contributed by atoms with Crippen LogP contribution < -0.4 is 5.32 Å². The average molecular weight is 235 g/mol. The minimum absolute atomic E-state index is 0.0477. The maximum Gasteiger partial charge on any atom is 0.227 e. The third-order valence-corrected chi connectivity index (χ3v) is 2.88. The van der Waals surface area contributed by atoms with E-state index in [0.717, 1.165) is 25.7 Å². The summed E-state index contributed by atoms with van der Waals surface area (Å²) in [6.45, 7) is 4.15. The van der Waals surface area contributed by atoms with Gasteiger partial charge in [0.1, 0.15) is 5.75 Å². The second-order valence-corrected chi connectivity index (χ2v) is 4.29. The average Bonchev–Trinajstić information content (AvgIpc) is 2.30. The second kappa shape index (κ2) is 6.94. The first-order chi connectivity index (χ1) is 8.17. The summed E-state index contributed by atoms with van der Waals surface area (Å²) in [5.41, 5.74) is 0.657. The summed E-state index contributed by atoms with van der Waals surface area (Å²) < 4.78 is 0. The third kappa shape index (κ3) is 4.47. The largest absolute Gasteiger partial charge is 0.508 e. The predicted molar refractivity (Wildman–Crippen MR) is 70.0 cm³/mol. The fraction of sp³-hybridized carbons (Fsp3) is 0.500. The normalized spacial score (nSPS) is 12.1. The van der Waals surface area contributed by atoms with Crippen LogP contribution >= 0.6 is 0 Å². The van der Waals surface area contributed by atoms with E-state index in [4.69, 9.17) is 0 Å². The van der Waals surface area contributed by atoms with Crippen LogP contribution in [0.25, 0.3) is 0 Å². The Labute approximate surface area is 103 Å². The molecule has 0 aliphatic rings. The fourth-order valence-electron chi connectivity index (χ4n) is 1.80. The van der Waals surface area contributed by atoms with Crippen molar-refractivity contribution in [3.63, 3.8) is 0 Å². The van der Waals surface area contributed by atoms with E-state index in [1.165, 1.54) is 0 Å². The topological polar surface area (TPSA) is 49.3 Å². The number of anilines is 1. The van der Waals surface area contributed by atoms with Crippen LogP contribution in [-0.4, -0.2) is 11.0 Å². The monoisotopic (exact) mass is 235 g/mol. The van der Waals surface area contributed by atoms with Crippen molar-refractivity contribution in [2.75, 3.05) is 5.32 Å². The van der Waals surface area contributed by atoms with Gasteiger partial charge >= 0.3 is 0 Å². The van der Waals surface area contributed by atoms with Crippen LogP contribution in [0, 0.1) is 5.92 Å². The fourth-order valence-corrected chi connectivity index (χ4v) is 1.80. The van der Waals surface area contributed by atoms with Gasteiger partial charge in [-0.15, -0.1) is 0 Å². The van der Waals surface area contributed by atoms with Crippen LogP contribution in [0.3, 0.4) is 0 Å². The molecule has 0 fully saturated rings. The molecule has 3 nitrogen and oxygen atoms in total. The Bertz CT molecular complexity index is 363. The minimum atomic E-state index is 0.0477. The van der Waals surface area contributed by atoms with Gasteiger partial charge in [0.2, 0.25) is 5.91 Å². The van der Waals surface area contributed by atoms with Crippen LogP contribution in [-0.2, 0) is 4.79 Å². The zero-order valence-electron chi connectivity index (χ0n) is 10.6. The van der Waals surface area contributed by atoms with Crippen LogP contribution in [0.4, 0.5) is 5.69 Å². The number of amides is 1. The highest BCUT2D eigenvalue weighted by Crippen LogP contribution is 2.19. The molecule has 0 saturated heterocycles. The Morgan fingerprint density at radius 3 is 2.76 bits per heavy atom.